The predicted octanol–water partition coefficient (Wildman–Crippen LogP) is 3.41. The van der Waals surface area contributed by atoms with Gasteiger partial charge in [-0.1, -0.05) is 29.8 Å². The maximum absolute atomic E-state index is 9.87. The lowest BCUT2D eigenvalue weighted by Crippen LogP contribution is -2.42. The van der Waals surface area contributed by atoms with Gasteiger partial charge in [-0.25, -0.2) is 0 Å². The van der Waals surface area contributed by atoms with Gasteiger partial charge in [0, 0.05) is 6.54 Å². The molecule has 0 atom stereocenters. The molecule has 0 amide bonds. The van der Waals surface area contributed by atoms with Gasteiger partial charge in [-0.05, 0) is 71.0 Å². The summed E-state index contributed by atoms with van der Waals surface area (Å²) in [5.74, 6) is 0.856. The number of hydrogen-bond donors (Lipinski definition) is 1. The van der Waals surface area contributed by atoms with Crippen LogP contribution in [0.3, 0.4) is 0 Å². The van der Waals surface area contributed by atoms with Crippen LogP contribution in [0.1, 0.15) is 44.2 Å². The Morgan fingerprint density at radius 2 is 1.75 bits per heavy atom. The van der Waals surface area contributed by atoms with E-state index in [1.165, 1.54) is 36.8 Å². The monoisotopic (exact) mass is 275 g/mol. The summed E-state index contributed by atoms with van der Waals surface area (Å²) in [6.07, 6.45) is 5.07. The van der Waals surface area contributed by atoms with Gasteiger partial charge in [0.2, 0.25) is 0 Å². The zero-order valence-corrected chi connectivity index (χ0v) is 13.2. The molecule has 2 heteroatoms. The first kappa shape index (κ1) is 15.5. The molecule has 0 saturated carbocycles. The summed E-state index contributed by atoms with van der Waals surface area (Å²) in [5.41, 5.74) is 2.25. The maximum Gasteiger partial charge on any atom is 0.0718 e. The van der Waals surface area contributed by atoms with Crippen LogP contribution in [-0.2, 0) is 6.42 Å². The lowest BCUT2D eigenvalue weighted by molar-refractivity contribution is 0.0240. The highest BCUT2D eigenvalue weighted by atomic mass is 16.3. The number of benzene rings is 1. The molecule has 1 heterocycles. The lowest BCUT2D eigenvalue weighted by Gasteiger charge is -2.35. The van der Waals surface area contributed by atoms with Crippen LogP contribution in [0.25, 0.3) is 0 Å². The van der Waals surface area contributed by atoms with Gasteiger partial charge in [0.25, 0.3) is 0 Å². The number of rotatable bonds is 5. The molecule has 0 spiro atoms. The van der Waals surface area contributed by atoms with Crippen molar-refractivity contribution in [2.45, 2.75) is 52.1 Å². The fraction of sp³-hybridized carbons (Fsp3) is 0.667. The van der Waals surface area contributed by atoms with Crippen molar-refractivity contribution in [3.8, 4) is 0 Å². The number of aliphatic hydroxyl groups is 1. The summed E-state index contributed by atoms with van der Waals surface area (Å²) >= 11 is 0. The van der Waals surface area contributed by atoms with Crippen molar-refractivity contribution in [1.82, 2.24) is 4.90 Å². The van der Waals surface area contributed by atoms with E-state index in [1.807, 2.05) is 13.8 Å². The molecule has 1 N–H and O–H groups in total. The van der Waals surface area contributed by atoms with Crippen LogP contribution < -0.4 is 0 Å². The first-order valence-corrected chi connectivity index (χ1v) is 7.93. The van der Waals surface area contributed by atoms with E-state index in [0.29, 0.717) is 0 Å². The van der Waals surface area contributed by atoms with Gasteiger partial charge in [0.1, 0.15) is 0 Å². The molecule has 20 heavy (non-hydrogen) atoms. The van der Waals surface area contributed by atoms with E-state index in [9.17, 15) is 5.11 Å². The normalized spacial score (nSPS) is 18.4. The summed E-state index contributed by atoms with van der Waals surface area (Å²) in [6.45, 7) is 9.03. The Morgan fingerprint density at radius 1 is 1.15 bits per heavy atom. The molecule has 1 fully saturated rings. The van der Waals surface area contributed by atoms with Gasteiger partial charge in [0.05, 0.1) is 5.60 Å². The molecule has 0 aliphatic carbocycles. The van der Waals surface area contributed by atoms with Gasteiger partial charge in [-0.2, -0.15) is 0 Å². The Morgan fingerprint density at radius 3 is 2.30 bits per heavy atom. The highest BCUT2D eigenvalue weighted by molar-refractivity contribution is 5.21. The number of β-amino-alcohol motifs (C(OH)–C–C–N with tert-alkyl or cyclic N) is 1. The molecular formula is C18H29NO. The summed E-state index contributed by atoms with van der Waals surface area (Å²) in [5, 5.41) is 9.87. The average Bonchev–Trinajstić information content (AvgIpc) is 2.38. The van der Waals surface area contributed by atoms with E-state index in [4.69, 9.17) is 0 Å². The van der Waals surface area contributed by atoms with E-state index in [-0.39, 0.29) is 0 Å². The summed E-state index contributed by atoms with van der Waals surface area (Å²) < 4.78 is 0. The minimum absolute atomic E-state index is 0.561. The van der Waals surface area contributed by atoms with Crippen molar-refractivity contribution in [2.24, 2.45) is 5.92 Å². The molecule has 1 aliphatic rings. The molecule has 0 bridgehead atoms. The lowest BCUT2D eigenvalue weighted by atomic mass is 9.90. The first-order valence-electron chi connectivity index (χ1n) is 7.93. The van der Waals surface area contributed by atoms with Crippen molar-refractivity contribution >= 4 is 0 Å². The second kappa shape index (κ2) is 6.73. The minimum Gasteiger partial charge on any atom is -0.389 e. The first-order chi connectivity index (χ1) is 9.42. The summed E-state index contributed by atoms with van der Waals surface area (Å²) in [7, 11) is 0. The van der Waals surface area contributed by atoms with Crippen LogP contribution in [0.5, 0.6) is 0 Å². The van der Waals surface area contributed by atoms with Gasteiger partial charge < -0.3 is 10.0 Å². The summed E-state index contributed by atoms with van der Waals surface area (Å²) in [4.78, 5) is 2.41. The highest BCUT2D eigenvalue weighted by Crippen LogP contribution is 2.23. The van der Waals surface area contributed by atoms with Gasteiger partial charge in [-0.15, -0.1) is 0 Å². The van der Waals surface area contributed by atoms with E-state index in [0.717, 1.165) is 25.6 Å². The third-order valence-electron chi connectivity index (χ3n) is 4.28. The molecule has 1 aromatic rings. The average molecular weight is 275 g/mol. The zero-order chi connectivity index (χ0) is 14.6. The molecule has 0 aromatic heterocycles. The quantitative estimate of drug-likeness (QED) is 0.890. The molecule has 2 rings (SSSR count). The standard InChI is InChI=1S/C18H29NO/c1-15-4-6-16(7-5-15)8-9-17-10-12-19(13-11-17)14-18(2,3)20/h4-7,17,20H,8-14H2,1-3H3. The number of hydrogen-bond acceptors (Lipinski definition) is 2. The van der Waals surface area contributed by atoms with E-state index in [2.05, 4.69) is 36.1 Å². The minimum atomic E-state index is -0.561. The topological polar surface area (TPSA) is 23.5 Å². The van der Waals surface area contributed by atoms with Crippen LogP contribution in [0, 0.1) is 12.8 Å². The molecule has 0 unspecified atom stereocenters. The second-order valence-corrected chi connectivity index (χ2v) is 7.06. The highest BCUT2D eigenvalue weighted by Gasteiger charge is 2.23. The van der Waals surface area contributed by atoms with Crippen LogP contribution in [0.15, 0.2) is 24.3 Å². The molecule has 112 valence electrons. The van der Waals surface area contributed by atoms with E-state index >= 15 is 0 Å². The Bertz CT molecular complexity index is 396. The van der Waals surface area contributed by atoms with E-state index < -0.39 is 5.60 Å². The molecule has 1 saturated heterocycles. The van der Waals surface area contributed by atoms with Crippen LogP contribution in [0.2, 0.25) is 0 Å². The molecule has 0 radical (unpaired) electrons. The fourth-order valence-corrected chi connectivity index (χ4v) is 3.11. The number of aryl methyl sites for hydroxylation is 2. The van der Waals surface area contributed by atoms with Crippen LogP contribution >= 0.6 is 0 Å². The third-order valence-corrected chi connectivity index (χ3v) is 4.28. The Labute approximate surface area is 123 Å². The molecule has 1 aromatic carbocycles. The SMILES string of the molecule is Cc1ccc(CCC2CCN(CC(C)(C)O)CC2)cc1. The molecular weight excluding hydrogens is 246 g/mol. The third kappa shape index (κ3) is 5.26. The Kier molecular flexibility index (Phi) is 5.22. The van der Waals surface area contributed by atoms with Gasteiger partial charge in [0.15, 0.2) is 0 Å². The predicted molar refractivity (Wildman–Crippen MR) is 85.0 cm³/mol. The molecule has 2 nitrogen and oxygen atoms in total. The van der Waals surface area contributed by atoms with Crippen molar-refractivity contribution < 1.29 is 5.11 Å². The van der Waals surface area contributed by atoms with Crippen LogP contribution in [-0.4, -0.2) is 35.2 Å². The van der Waals surface area contributed by atoms with Crippen LogP contribution in [0.4, 0.5) is 0 Å². The van der Waals surface area contributed by atoms with Crippen molar-refractivity contribution in [3.63, 3.8) is 0 Å². The maximum atomic E-state index is 9.87. The van der Waals surface area contributed by atoms with Crippen molar-refractivity contribution in [2.75, 3.05) is 19.6 Å². The van der Waals surface area contributed by atoms with Gasteiger partial charge in [-0.3, -0.25) is 0 Å². The van der Waals surface area contributed by atoms with Gasteiger partial charge >= 0.3 is 0 Å². The second-order valence-electron chi connectivity index (χ2n) is 7.06. The van der Waals surface area contributed by atoms with E-state index in [1.54, 1.807) is 0 Å². The van der Waals surface area contributed by atoms with Crippen molar-refractivity contribution in [3.05, 3.63) is 35.4 Å². The number of piperidine rings is 1. The number of likely N-dealkylation sites (tertiary alicyclic amines) is 1. The number of nitrogens with zero attached hydrogens (tertiary/aromatic N) is 1. The zero-order valence-electron chi connectivity index (χ0n) is 13.2. The molecule has 1 aliphatic heterocycles. The summed E-state index contributed by atoms with van der Waals surface area (Å²) in [6, 6.07) is 8.94. The largest absolute Gasteiger partial charge is 0.389 e. The smallest absolute Gasteiger partial charge is 0.0718 e. The Balaban J connectivity index is 1.70. The Hall–Kier alpha value is -0.860. The van der Waals surface area contributed by atoms with Crippen molar-refractivity contribution in [1.29, 1.82) is 0 Å². The fourth-order valence-electron chi connectivity index (χ4n) is 3.11.